The smallest absolute Gasteiger partial charge is 0.167 e. The van der Waals surface area contributed by atoms with E-state index in [-0.39, 0.29) is 72.3 Å². The molecular weight excluding hydrogens is 488 g/mol. The van der Waals surface area contributed by atoms with E-state index in [0.29, 0.717) is 0 Å². The maximum Gasteiger partial charge on any atom is 0.167 e. The van der Waals surface area contributed by atoms with Gasteiger partial charge in [-0.25, -0.2) is 0 Å². The second kappa shape index (κ2) is 13.7. The summed E-state index contributed by atoms with van der Waals surface area (Å²) < 4.78 is 32.5. The summed E-state index contributed by atoms with van der Waals surface area (Å²) in [6, 6.07) is -0.712. The van der Waals surface area contributed by atoms with Crippen LogP contribution in [0, 0.1) is 29.6 Å². The first kappa shape index (κ1) is 31.0. The van der Waals surface area contributed by atoms with Crippen molar-refractivity contribution in [1.29, 1.82) is 0 Å². The van der Waals surface area contributed by atoms with E-state index in [9.17, 15) is 5.53 Å². The summed E-state index contributed by atoms with van der Waals surface area (Å²) >= 11 is 0. The number of nitrogens with zero attached hydrogens (tertiary/aromatic N) is 6. The first-order valence-electron chi connectivity index (χ1n) is 14.5. The van der Waals surface area contributed by atoms with Gasteiger partial charge in [0.15, 0.2) is 12.6 Å². The lowest BCUT2D eigenvalue weighted by atomic mass is 9.80. The topological polar surface area (TPSA) is 144 Å². The van der Waals surface area contributed by atoms with Crippen molar-refractivity contribution in [2.45, 2.75) is 143 Å². The highest BCUT2D eigenvalue weighted by atomic mass is 16.7. The van der Waals surface area contributed by atoms with Gasteiger partial charge in [0.2, 0.25) is 0 Å². The van der Waals surface area contributed by atoms with Crippen LogP contribution < -0.4 is 0 Å². The fourth-order valence-corrected chi connectivity index (χ4v) is 6.53. The van der Waals surface area contributed by atoms with Gasteiger partial charge >= 0.3 is 0 Å². The Labute approximate surface area is 227 Å². The van der Waals surface area contributed by atoms with Gasteiger partial charge in [-0.15, -0.1) is 0 Å². The zero-order valence-electron chi connectivity index (χ0n) is 24.5. The molecule has 3 saturated heterocycles. The van der Waals surface area contributed by atoms with Crippen molar-refractivity contribution in [3.63, 3.8) is 0 Å². The molecule has 3 heterocycles. The zero-order chi connectivity index (χ0) is 28.1. The largest absolute Gasteiger partial charge is 0.372 e. The maximum absolute atomic E-state index is 9.25. The van der Waals surface area contributed by atoms with Crippen LogP contribution in [0.25, 0.3) is 20.9 Å². The predicted molar refractivity (Wildman–Crippen MR) is 144 cm³/mol. The van der Waals surface area contributed by atoms with Gasteiger partial charge in [-0.3, -0.25) is 0 Å². The molecule has 0 radical (unpaired) electrons. The third-order valence-corrected chi connectivity index (χ3v) is 9.45. The van der Waals surface area contributed by atoms with E-state index in [1.54, 1.807) is 0 Å². The highest BCUT2D eigenvalue weighted by Gasteiger charge is 2.49. The van der Waals surface area contributed by atoms with Crippen molar-refractivity contribution >= 4 is 0 Å². The molecule has 11 heteroatoms. The van der Waals surface area contributed by atoms with Gasteiger partial charge in [0.25, 0.3) is 0 Å². The molecule has 0 N–H and O–H groups in total. The van der Waals surface area contributed by atoms with Crippen LogP contribution >= 0.6 is 0 Å². The Balaban J connectivity index is 1.79. The fraction of sp³-hybridized carbons (Fsp3) is 1.00. The molecule has 3 rings (SSSR count). The van der Waals surface area contributed by atoms with Crippen molar-refractivity contribution in [1.82, 2.24) is 0 Å². The minimum absolute atomic E-state index is 0.0182. The third kappa shape index (κ3) is 6.25. The van der Waals surface area contributed by atoms with Crippen molar-refractivity contribution in [2.24, 2.45) is 39.8 Å². The summed E-state index contributed by atoms with van der Waals surface area (Å²) in [5.41, 5.74) is 18.3. The van der Waals surface area contributed by atoms with Crippen LogP contribution in [0.15, 0.2) is 10.2 Å². The first-order chi connectivity index (χ1) is 18.1. The Hall–Kier alpha value is -1.58. The molecule has 11 nitrogen and oxygen atoms in total. The lowest BCUT2D eigenvalue weighted by Gasteiger charge is -2.50. The quantitative estimate of drug-likeness (QED) is 0.181. The molecule has 0 amide bonds. The Morgan fingerprint density at radius 1 is 0.579 bits per heavy atom. The number of hydrogen-bond acceptors (Lipinski definition) is 7. The van der Waals surface area contributed by atoms with Crippen LogP contribution in [0.3, 0.4) is 0 Å². The molecule has 0 aliphatic carbocycles. The molecule has 0 bridgehead atoms. The highest BCUT2D eigenvalue weighted by Crippen LogP contribution is 2.41. The Morgan fingerprint density at radius 3 is 1.66 bits per heavy atom. The second-order valence-corrected chi connectivity index (χ2v) is 11.6. The summed E-state index contributed by atoms with van der Waals surface area (Å²) in [5.74, 6) is 0.486. The number of azide groups is 2. The van der Waals surface area contributed by atoms with E-state index in [4.69, 9.17) is 29.2 Å². The summed E-state index contributed by atoms with van der Waals surface area (Å²) in [6.07, 6.45) is 0.338. The number of rotatable bonds is 9. The van der Waals surface area contributed by atoms with Crippen LogP contribution in [0.5, 0.6) is 0 Å². The molecule has 216 valence electrons. The lowest BCUT2D eigenvalue weighted by molar-refractivity contribution is -0.333. The Morgan fingerprint density at radius 2 is 1.08 bits per heavy atom. The molecule has 15 atom stereocenters. The minimum atomic E-state index is -0.626. The van der Waals surface area contributed by atoms with Gasteiger partial charge < -0.3 is 23.7 Å². The van der Waals surface area contributed by atoms with Gasteiger partial charge in [-0.05, 0) is 60.9 Å². The average Bonchev–Trinajstić information content (AvgIpc) is 2.91. The fourth-order valence-electron chi connectivity index (χ4n) is 6.53. The molecular formula is C27H48N6O5. The van der Waals surface area contributed by atoms with Crippen LogP contribution in [0.2, 0.25) is 0 Å². The Kier molecular flexibility index (Phi) is 11.1. The molecule has 0 saturated carbocycles. The van der Waals surface area contributed by atoms with Crippen LogP contribution in [-0.4, -0.2) is 61.3 Å². The highest BCUT2D eigenvalue weighted by molar-refractivity contribution is 4.96. The van der Waals surface area contributed by atoms with Crippen LogP contribution in [0.1, 0.15) is 81.6 Å². The molecule has 0 spiro atoms. The number of ether oxygens (including phenoxy) is 5. The van der Waals surface area contributed by atoms with E-state index >= 15 is 0 Å². The summed E-state index contributed by atoms with van der Waals surface area (Å²) in [4.78, 5) is 6.16. The molecule has 3 aliphatic rings. The van der Waals surface area contributed by atoms with E-state index in [0.717, 1.165) is 19.3 Å². The minimum Gasteiger partial charge on any atom is -0.372 e. The lowest BCUT2D eigenvalue weighted by Crippen LogP contribution is -2.58. The van der Waals surface area contributed by atoms with Crippen molar-refractivity contribution in [2.75, 3.05) is 0 Å². The van der Waals surface area contributed by atoms with E-state index in [1.807, 2.05) is 6.92 Å². The maximum atomic E-state index is 9.25. The zero-order valence-corrected chi connectivity index (χ0v) is 24.5. The molecule has 3 fully saturated rings. The summed E-state index contributed by atoms with van der Waals surface area (Å²) in [6.45, 7) is 18.8. The Bertz CT molecular complexity index is 865. The molecule has 3 aliphatic heterocycles. The molecule has 0 aromatic carbocycles. The molecule has 38 heavy (non-hydrogen) atoms. The van der Waals surface area contributed by atoms with Gasteiger partial charge in [0.1, 0.15) is 0 Å². The van der Waals surface area contributed by atoms with Crippen molar-refractivity contribution in [3.8, 4) is 0 Å². The van der Waals surface area contributed by atoms with E-state index < -0.39 is 18.6 Å². The van der Waals surface area contributed by atoms with Gasteiger partial charge in [0, 0.05) is 15.7 Å². The summed E-state index contributed by atoms with van der Waals surface area (Å²) in [7, 11) is 0. The molecule has 0 aromatic rings. The summed E-state index contributed by atoms with van der Waals surface area (Å²) in [5, 5.41) is 8.10. The normalized spacial score (nSPS) is 47.6. The SMILES string of the molecule is CCC1O[C@@H](O[C@H]2C(CC)O[C@@H](O[C@H]3C(CC)O[C@@H](C)[C@H](N=[N+]=[N-])C3C)[C@H](C)C2C)[C@H](N=[N+]=[N-])C(C)[C@H]1C. The van der Waals surface area contributed by atoms with Gasteiger partial charge in [0.05, 0.1) is 48.7 Å². The van der Waals surface area contributed by atoms with Crippen molar-refractivity contribution < 1.29 is 23.7 Å². The predicted octanol–water partition coefficient (Wildman–Crippen LogP) is 6.76. The van der Waals surface area contributed by atoms with Crippen LogP contribution in [-0.2, 0) is 23.7 Å². The van der Waals surface area contributed by atoms with Gasteiger partial charge in [-0.2, -0.15) is 0 Å². The van der Waals surface area contributed by atoms with E-state index in [2.05, 4.69) is 75.4 Å². The first-order valence-corrected chi connectivity index (χ1v) is 14.5. The second-order valence-electron chi connectivity index (χ2n) is 11.6. The van der Waals surface area contributed by atoms with E-state index in [1.165, 1.54) is 0 Å². The third-order valence-electron chi connectivity index (χ3n) is 9.45. The van der Waals surface area contributed by atoms with Crippen LogP contribution in [0.4, 0.5) is 0 Å². The standard InChI is InChI=1S/C27H48N6O5/c1-10-19-13(4)14(5)23(31-33-29)27(35-19)38-24-15(6)16(7)26(36-21(24)12-3)37-25-17(8)22(30-32-28)18(9)34-20(25)11-2/h13-27H,10-12H2,1-9H3/t13-,14?,15?,16-,17?,18+,19?,20?,21?,22-,23-,24-,25-,26+,27+/m1/s1. The molecule has 0 aromatic heterocycles. The van der Waals surface area contributed by atoms with Gasteiger partial charge in [-0.1, -0.05) is 65.6 Å². The van der Waals surface area contributed by atoms with Crippen molar-refractivity contribution in [3.05, 3.63) is 20.9 Å². The number of hydrogen-bond donors (Lipinski definition) is 0. The monoisotopic (exact) mass is 536 g/mol. The molecule has 6 unspecified atom stereocenters. The average molecular weight is 537 g/mol.